The predicted molar refractivity (Wildman–Crippen MR) is 93.7 cm³/mol. The lowest BCUT2D eigenvalue weighted by Crippen LogP contribution is -2.39. The molecule has 1 aromatic carbocycles. The molecule has 124 valence electrons. The first-order chi connectivity index (χ1) is 11.6. The maximum Gasteiger partial charge on any atom is 0.349 e. The number of aryl methyl sites for hydroxylation is 2. The van der Waals surface area contributed by atoms with Gasteiger partial charge in [0.2, 0.25) is 0 Å². The number of thiophene rings is 1. The third-order valence-electron chi connectivity index (χ3n) is 4.73. The SMILES string of the molecule is C[C@H](OC(=O)c1cc2c(s1)CCC2)C(=O)N1CCc2ccccc21. The van der Waals surface area contributed by atoms with Crippen LogP contribution in [0.5, 0.6) is 0 Å². The van der Waals surface area contributed by atoms with Crippen LogP contribution in [0.2, 0.25) is 0 Å². The summed E-state index contributed by atoms with van der Waals surface area (Å²) in [7, 11) is 0. The zero-order chi connectivity index (χ0) is 16.7. The van der Waals surface area contributed by atoms with Gasteiger partial charge in [-0.1, -0.05) is 18.2 Å². The van der Waals surface area contributed by atoms with Crippen molar-refractivity contribution in [2.45, 2.75) is 38.7 Å². The average Bonchev–Trinajstić information content (AvgIpc) is 3.27. The third kappa shape index (κ3) is 2.63. The van der Waals surface area contributed by atoms with Gasteiger partial charge in [0.1, 0.15) is 4.88 Å². The van der Waals surface area contributed by atoms with E-state index in [4.69, 9.17) is 4.74 Å². The van der Waals surface area contributed by atoms with Gasteiger partial charge in [-0.05, 0) is 55.9 Å². The maximum atomic E-state index is 12.7. The first-order valence-corrected chi connectivity index (χ1v) is 9.17. The number of esters is 1. The number of benzene rings is 1. The maximum absolute atomic E-state index is 12.7. The number of anilines is 1. The molecule has 0 bridgehead atoms. The van der Waals surface area contributed by atoms with E-state index < -0.39 is 6.10 Å². The first kappa shape index (κ1) is 15.4. The van der Waals surface area contributed by atoms with Gasteiger partial charge in [-0.15, -0.1) is 11.3 Å². The number of rotatable bonds is 3. The van der Waals surface area contributed by atoms with E-state index in [0.717, 1.165) is 24.9 Å². The van der Waals surface area contributed by atoms with Crippen LogP contribution < -0.4 is 4.90 Å². The van der Waals surface area contributed by atoms with E-state index in [1.165, 1.54) is 33.8 Å². The number of fused-ring (bicyclic) bond motifs is 2. The number of nitrogens with zero attached hydrogens (tertiary/aromatic N) is 1. The second-order valence-electron chi connectivity index (χ2n) is 6.33. The summed E-state index contributed by atoms with van der Waals surface area (Å²) in [5.41, 5.74) is 3.36. The van der Waals surface area contributed by atoms with Crippen molar-refractivity contribution in [3.8, 4) is 0 Å². The molecule has 5 heteroatoms. The molecule has 1 aliphatic carbocycles. The lowest BCUT2D eigenvalue weighted by molar-refractivity contribution is -0.126. The number of para-hydroxylation sites is 1. The quantitative estimate of drug-likeness (QED) is 0.804. The Morgan fingerprint density at radius 3 is 2.83 bits per heavy atom. The second-order valence-corrected chi connectivity index (χ2v) is 7.47. The Balaban J connectivity index is 1.45. The molecule has 4 nitrogen and oxygen atoms in total. The van der Waals surface area contributed by atoms with Crippen LogP contribution in [0.4, 0.5) is 5.69 Å². The lowest BCUT2D eigenvalue weighted by Gasteiger charge is -2.21. The highest BCUT2D eigenvalue weighted by Gasteiger charge is 2.30. The van der Waals surface area contributed by atoms with Crippen LogP contribution in [0, 0.1) is 0 Å². The van der Waals surface area contributed by atoms with Crippen molar-refractivity contribution in [2.24, 2.45) is 0 Å². The molecule has 0 spiro atoms. The van der Waals surface area contributed by atoms with Crippen LogP contribution in [-0.2, 0) is 28.8 Å². The van der Waals surface area contributed by atoms with Crippen LogP contribution >= 0.6 is 11.3 Å². The second kappa shape index (κ2) is 6.06. The van der Waals surface area contributed by atoms with Crippen molar-refractivity contribution >= 4 is 28.9 Å². The number of hydrogen-bond donors (Lipinski definition) is 0. The van der Waals surface area contributed by atoms with Gasteiger partial charge in [-0.25, -0.2) is 4.79 Å². The van der Waals surface area contributed by atoms with Gasteiger partial charge >= 0.3 is 5.97 Å². The summed E-state index contributed by atoms with van der Waals surface area (Å²) in [6.45, 7) is 2.30. The van der Waals surface area contributed by atoms with E-state index in [-0.39, 0.29) is 11.9 Å². The normalized spacial score (nSPS) is 16.6. The molecule has 4 rings (SSSR count). The summed E-state index contributed by atoms with van der Waals surface area (Å²) in [6, 6.07) is 9.81. The Labute approximate surface area is 145 Å². The van der Waals surface area contributed by atoms with E-state index in [1.54, 1.807) is 11.8 Å². The molecule has 2 aromatic rings. The molecule has 0 unspecified atom stereocenters. The number of ether oxygens (including phenoxy) is 1. The van der Waals surface area contributed by atoms with Gasteiger partial charge in [0.25, 0.3) is 5.91 Å². The highest BCUT2D eigenvalue weighted by Crippen LogP contribution is 2.32. The van der Waals surface area contributed by atoms with E-state index in [0.29, 0.717) is 11.4 Å². The average molecular weight is 341 g/mol. The Bertz CT molecular complexity index is 789. The summed E-state index contributed by atoms with van der Waals surface area (Å²) in [4.78, 5) is 28.6. The third-order valence-corrected chi connectivity index (χ3v) is 5.95. The Kier molecular flexibility index (Phi) is 3.88. The fraction of sp³-hybridized carbons (Fsp3) is 0.368. The number of carbonyl (C=O) groups is 2. The zero-order valence-electron chi connectivity index (χ0n) is 13.6. The van der Waals surface area contributed by atoms with Crippen molar-refractivity contribution in [3.05, 3.63) is 51.2 Å². The van der Waals surface area contributed by atoms with Crippen LogP contribution in [0.25, 0.3) is 0 Å². The van der Waals surface area contributed by atoms with Gasteiger partial charge in [0, 0.05) is 17.1 Å². The van der Waals surface area contributed by atoms with Crippen LogP contribution in [0.3, 0.4) is 0 Å². The molecular weight excluding hydrogens is 322 g/mol. The molecule has 0 saturated heterocycles. The van der Waals surface area contributed by atoms with Crippen molar-refractivity contribution in [1.82, 2.24) is 0 Å². The molecule has 2 aliphatic rings. The van der Waals surface area contributed by atoms with Crippen LogP contribution in [-0.4, -0.2) is 24.5 Å². The zero-order valence-corrected chi connectivity index (χ0v) is 14.4. The smallest absolute Gasteiger partial charge is 0.349 e. The largest absolute Gasteiger partial charge is 0.448 e. The van der Waals surface area contributed by atoms with Gasteiger partial charge < -0.3 is 9.64 Å². The standard InChI is InChI=1S/C19H19NO3S/c1-12(18(21)20-10-9-13-5-2-3-7-15(13)20)23-19(22)17-11-14-6-4-8-16(14)24-17/h2-3,5,7,11-12H,4,6,8-10H2,1H3/t12-/m0/s1. The number of carbonyl (C=O) groups excluding carboxylic acids is 2. The highest BCUT2D eigenvalue weighted by molar-refractivity contribution is 7.14. The van der Waals surface area contributed by atoms with E-state index in [1.807, 2.05) is 30.3 Å². The highest BCUT2D eigenvalue weighted by atomic mass is 32.1. The monoisotopic (exact) mass is 341 g/mol. The minimum absolute atomic E-state index is 0.155. The minimum atomic E-state index is -0.777. The summed E-state index contributed by atoms with van der Waals surface area (Å²) < 4.78 is 5.44. The Morgan fingerprint density at radius 1 is 1.17 bits per heavy atom. The van der Waals surface area contributed by atoms with Crippen molar-refractivity contribution in [2.75, 3.05) is 11.4 Å². The van der Waals surface area contributed by atoms with E-state index >= 15 is 0 Å². The molecule has 0 saturated carbocycles. The first-order valence-electron chi connectivity index (χ1n) is 8.35. The summed E-state index contributed by atoms with van der Waals surface area (Å²) >= 11 is 1.51. The van der Waals surface area contributed by atoms with Crippen molar-refractivity contribution < 1.29 is 14.3 Å². The van der Waals surface area contributed by atoms with Gasteiger partial charge in [-0.2, -0.15) is 0 Å². The van der Waals surface area contributed by atoms with Gasteiger partial charge in [0.15, 0.2) is 6.10 Å². The van der Waals surface area contributed by atoms with Crippen LogP contribution in [0.15, 0.2) is 30.3 Å². The molecule has 1 atom stereocenters. The molecular formula is C19H19NO3S. The fourth-order valence-corrected chi connectivity index (χ4v) is 4.62. The lowest BCUT2D eigenvalue weighted by atomic mass is 10.2. The van der Waals surface area contributed by atoms with E-state index in [9.17, 15) is 9.59 Å². The molecule has 0 N–H and O–H groups in total. The molecule has 1 amide bonds. The molecule has 1 aromatic heterocycles. The molecule has 24 heavy (non-hydrogen) atoms. The van der Waals surface area contributed by atoms with Crippen LogP contribution in [0.1, 0.15) is 39.0 Å². The van der Waals surface area contributed by atoms with Crippen molar-refractivity contribution in [1.29, 1.82) is 0 Å². The van der Waals surface area contributed by atoms with Gasteiger partial charge in [-0.3, -0.25) is 4.79 Å². The topological polar surface area (TPSA) is 46.6 Å². The molecule has 1 aliphatic heterocycles. The minimum Gasteiger partial charge on any atom is -0.448 e. The predicted octanol–water partition coefficient (Wildman–Crippen LogP) is 3.37. The molecule has 0 fully saturated rings. The summed E-state index contributed by atoms with van der Waals surface area (Å²) in [6.07, 6.45) is 3.32. The Hall–Kier alpha value is -2.14. The number of amides is 1. The number of hydrogen-bond acceptors (Lipinski definition) is 4. The Morgan fingerprint density at radius 2 is 2.00 bits per heavy atom. The summed E-state index contributed by atoms with van der Waals surface area (Å²) in [5, 5.41) is 0. The molecule has 2 heterocycles. The van der Waals surface area contributed by atoms with Crippen molar-refractivity contribution in [3.63, 3.8) is 0 Å². The van der Waals surface area contributed by atoms with Gasteiger partial charge in [0.05, 0.1) is 0 Å². The molecule has 0 radical (unpaired) electrons. The fourth-order valence-electron chi connectivity index (χ4n) is 3.49. The summed E-state index contributed by atoms with van der Waals surface area (Å²) in [5.74, 6) is -0.542. The van der Waals surface area contributed by atoms with E-state index in [2.05, 4.69) is 0 Å².